The molecule has 2 aliphatic rings. The number of aryl methyl sites for hydroxylation is 2. The van der Waals surface area contributed by atoms with E-state index in [4.69, 9.17) is 31.1 Å². The van der Waals surface area contributed by atoms with Gasteiger partial charge in [0.25, 0.3) is 0 Å². The first kappa shape index (κ1) is 53.8. The normalized spacial score (nSPS) is 14.7. The zero-order chi connectivity index (χ0) is 54.0. The fourth-order valence-electron chi connectivity index (χ4n) is 9.07. The van der Waals surface area contributed by atoms with Crippen LogP contribution >= 0.6 is 11.6 Å². The van der Waals surface area contributed by atoms with Crippen LogP contribution in [0.15, 0.2) is 94.9 Å². The highest BCUT2D eigenvalue weighted by molar-refractivity contribution is 6.30. The molecule has 0 bridgehead atoms. The zero-order valence-corrected chi connectivity index (χ0v) is 44.1. The Labute approximate surface area is 444 Å². The SMILES string of the molecule is CCNC(=O)CC1N=C(c2ccc(NCC(=O)NCC(=O)NC(CC(C)C)C(=O)NCCNC(=O)CC3N=C(c4ccc(Cl)cc4)c4cc(OC)ccc4-n4c(C)nnc43)cc2)c2cc(OC)ccc2-n2c(C)nnc21. The Morgan fingerprint density at radius 2 is 1.13 bits per heavy atom. The number of nitrogens with one attached hydrogen (secondary N) is 6. The van der Waals surface area contributed by atoms with E-state index in [2.05, 4.69) is 52.3 Å². The maximum Gasteiger partial charge on any atom is 0.242 e. The molecule has 6 N–H and O–H groups in total. The summed E-state index contributed by atoms with van der Waals surface area (Å²) in [5.74, 6) is 1.68. The van der Waals surface area contributed by atoms with Crippen LogP contribution in [0.2, 0.25) is 5.02 Å². The molecule has 4 heterocycles. The molecule has 3 atom stereocenters. The largest absolute Gasteiger partial charge is 0.497 e. The predicted molar refractivity (Wildman–Crippen MR) is 287 cm³/mol. The van der Waals surface area contributed by atoms with Crippen molar-refractivity contribution in [2.75, 3.05) is 52.3 Å². The van der Waals surface area contributed by atoms with Crippen molar-refractivity contribution in [3.05, 3.63) is 136 Å². The quantitative estimate of drug-likeness (QED) is 0.0530. The van der Waals surface area contributed by atoms with E-state index in [1.807, 2.05) is 117 Å². The number of carbonyl (C=O) groups is 5. The molecule has 0 fully saturated rings. The molecule has 0 spiro atoms. The fraction of sp³-hybridized carbons (Fsp3) is 0.352. The first-order chi connectivity index (χ1) is 36.6. The lowest BCUT2D eigenvalue weighted by molar-refractivity contribution is -0.130. The van der Waals surface area contributed by atoms with Crippen LogP contribution in [0.4, 0.5) is 5.69 Å². The number of anilines is 1. The Morgan fingerprint density at radius 3 is 1.64 bits per heavy atom. The van der Waals surface area contributed by atoms with Crippen LogP contribution in [0.25, 0.3) is 11.4 Å². The van der Waals surface area contributed by atoms with E-state index in [1.165, 1.54) is 0 Å². The number of halogens is 1. The predicted octanol–water partition coefficient (Wildman–Crippen LogP) is 4.83. The van der Waals surface area contributed by atoms with Crippen molar-refractivity contribution in [3.8, 4) is 22.9 Å². The van der Waals surface area contributed by atoms with Crippen LogP contribution in [0.3, 0.4) is 0 Å². The van der Waals surface area contributed by atoms with E-state index in [9.17, 15) is 24.0 Å². The van der Waals surface area contributed by atoms with Crippen molar-refractivity contribution >= 4 is 58.2 Å². The minimum Gasteiger partial charge on any atom is -0.497 e. The third-order valence-electron chi connectivity index (χ3n) is 12.7. The number of hydrogen-bond acceptors (Lipinski definition) is 14. The Morgan fingerprint density at radius 1 is 0.618 bits per heavy atom. The van der Waals surface area contributed by atoms with E-state index >= 15 is 0 Å². The third kappa shape index (κ3) is 12.5. The van der Waals surface area contributed by atoms with E-state index in [0.29, 0.717) is 69.9 Å². The van der Waals surface area contributed by atoms with Crippen LogP contribution in [-0.4, -0.2) is 123 Å². The van der Waals surface area contributed by atoms with E-state index in [-0.39, 0.29) is 56.8 Å². The highest BCUT2D eigenvalue weighted by Crippen LogP contribution is 2.36. The van der Waals surface area contributed by atoms with Crippen LogP contribution in [0.1, 0.15) is 97.7 Å². The van der Waals surface area contributed by atoms with Gasteiger partial charge in [-0.05, 0) is 93.8 Å². The molecule has 0 radical (unpaired) electrons. The summed E-state index contributed by atoms with van der Waals surface area (Å²) >= 11 is 6.24. The molecule has 2 aliphatic heterocycles. The maximum absolute atomic E-state index is 13.5. The molecular weight excluding hydrogens is 992 g/mol. The number of aromatic nitrogens is 6. The molecule has 396 valence electrons. The summed E-state index contributed by atoms with van der Waals surface area (Å²) in [6, 6.07) is 23.7. The summed E-state index contributed by atoms with van der Waals surface area (Å²) in [6.45, 7) is 9.55. The number of ether oxygens (including phenoxy) is 2. The number of hydrogen-bond donors (Lipinski definition) is 6. The first-order valence-corrected chi connectivity index (χ1v) is 25.4. The summed E-state index contributed by atoms with van der Waals surface area (Å²) in [4.78, 5) is 76.2. The molecule has 8 rings (SSSR count). The molecular formula is C54H61ClN14O7. The second kappa shape index (κ2) is 24.3. The van der Waals surface area contributed by atoms with Gasteiger partial charge >= 0.3 is 0 Å². The summed E-state index contributed by atoms with van der Waals surface area (Å²) in [5.41, 5.74) is 6.53. The number of fused-ring (bicyclic) bond motifs is 6. The summed E-state index contributed by atoms with van der Waals surface area (Å²) in [7, 11) is 3.18. The topological polar surface area (TPSA) is 262 Å². The van der Waals surface area contributed by atoms with Gasteiger partial charge in [-0.25, -0.2) is 0 Å². The molecule has 22 heteroatoms. The monoisotopic (exact) mass is 1050 g/mol. The van der Waals surface area contributed by atoms with Crippen LogP contribution in [-0.2, 0) is 24.0 Å². The van der Waals surface area contributed by atoms with Crippen molar-refractivity contribution in [2.45, 2.75) is 72.0 Å². The number of aliphatic imine (C=N–C) groups is 2. The van der Waals surface area contributed by atoms with Gasteiger partial charge in [-0.2, -0.15) is 0 Å². The average Bonchev–Trinajstić information content (AvgIpc) is 3.94. The molecule has 0 saturated carbocycles. The minimum absolute atomic E-state index is 0.0446. The summed E-state index contributed by atoms with van der Waals surface area (Å²) in [5, 5.41) is 35.1. The molecule has 2 aromatic heterocycles. The molecule has 0 aliphatic carbocycles. The van der Waals surface area contributed by atoms with Gasteiger partial charge in [0.05, 0.1) is 62.9 Å². The van der Waals surface area contributed by atoms with E-state index in [0.717, 1.165) is 33.6 Å². The van der Waals surface area contributed by atoms with Crippen molar-refractivity contribution in [2.24, 2.45) is 15.9 Å². The maximum atomic E-state index is 13.5. The second-order valence-corrected chi connectivity index (χ2v) is 19.0. The van der Waals surface area contributed by atoms with Gasteiger partial charge < -0.3 is 41.4 Å². The minimum atomic E-state index is -0.893. The van der Waals surface area contributed by atoms with Gasteiger partial charge in [0.2, 0.25) is 29.5 Å². The van der Waals surface area contributed by atoms with Crippen molar-refractivity contribution in [1.29, 1.82) is 0 Å². The summed E-state index contributed by atoms with van der Waals surface area (Å²) < 4.78 is 15.0. The van der Waals surface area contributed by atoms with Crippen LogP contribution in [0, 0.1) is 19.8 Å². The van der Waals surface area contributed by atoms with E-state index in [1.54, 1.807) is 26.4 Å². The van der Waals surface area contributed by atoms with Gasteiger partial charge in [0, 0.05) is 52.6 Å². The molecule has 21 nitrogen and oxygen atoms in total. The molecule has 76 heavy (non-hydrogen) atoms. The second-order valence-electron chi connectivity index (χ2n) is 18.6. The Balaban J connectivity index is 0.835. The zero-order valence-electron chi connectivity index (χ0n) is 43.4. The number of methoxy groups -OCH3 is 2. The van der Waals surface area contributed by atoms with Crippen LogP contribution in [0.5, 0.6) is 11.5 Å². The lowest BCUT2D eigenvalue weighted by Gasteiger charge is -2.20. The van der Waals surface area contributed by atoms with Crippen molar-refractivity contribution in [3.63, 3.8) is 0 Å². The Kier molecular flexibility index (Phi) is 17.2. The van der Waals surface area contributed by atoms with Crippen molar-refractivity contribution in [1.82, 2.24) is 56.1 Å². The van der Waals surface area contributed by atoms with Gasteiger partial charge in [-0.15, -0.1) is 20.4 Å². The Hall–Kier alpha value is -8.46. The number of benzene rings is 4. The van der Waals surface area contributed by atoms with E-state index < -0.39 is 35.8 Å². The van der Waals surface area contributed by atoms with Crippen molar-refractivity contribution < 1.29 is 33.4 Å². The number of amides is 5. The fourth-order valence-corrected chi connectivity index (χ4v) is 9.19. The third-order valence-corrected chi connectivity index (χ3v) is 12.9. The van der Waals surface area contributed by atoms with Gasteiger partial charge in [-0.3, -0.25) is 43.1 Å². The lowest BCUT2D eigenvalue weighted by Crippen LogP contribution is -2.51. The van der Waals surface area contributed by atoms with Gasteiger partial charge in [0.15, 0.2) is 11.6 Å². The number of rotatable bonds is 21. The highest BCUT2D eigenvalue weighted by atomic mass is 35.5. The lowest BCUT2D eigenvalue weighted by atomic mass is 9.99. The molecule has 5 amide bonds. The smallest absolute Gasteiger partial charge is 0.242 e. The molecule has 3 unspecified atom stereocenters. The standard InChI is InChI=1S/C54H61ClN14O7/c1-8-56-46(70)26-41-52-66-64-31(4)68(52)45-20-18-38(76-7)25-40(45)51(62-41)34-11-15-36(16-12-34)59-28-48(72)60-29-49(73)61-43(23-30(2)3)54(74)58-22-21-57-47(71)27-42-53-67-65-32(5)69(53)44-19-17-37(75-6)24-39(44)50(63-42)33-9-13-35(55)14-10-33/h9-20,24-25,30,41-43,59H,8,21-23,26-29H2,1-7H3,(H,56,70)(H,57,71)(H,58,74)(H,60,72)(H,61,73). The van der Waals surface area contributed by atoms with Gasteiger partial charge in [0.1, 0.15) is 41.3 Å². The summed E-state index contributed by atoms with van der Waals surface area (Å²) in [6.07, 6.45) is 0.334. The molecule has 4 aromatic carbocycles. The molecule has 6 aromatic rings. The Bertz CT molecular complexity index is 3190. The molecule has 0 saturated heterocycles. The first-order valence-electron chi connectivity index (χ1n) is 25.0. The number of carbonyl (C=O) groups excluding carboxylic acids is 5. The van der Waals surface area contributed by atoms with Gasteiger partial charge in [-0.1, -0.05) is 49.7 Å². The van der Waals surface area contributed by atoms with Crippen LogP contribution < -0.4 is 41.4 Å². The average molecular weight is 1050 g/mol. The number of nitrogens with zero attached hydrogens (tertiary/aromatic N) is 8. The highest BCUT2D eigenvalue weighted by Gasteiger charge is 2.32.